The Labute approximate surface area is 169 Å². The average molecular weight is 406 g/mol. The van der Waals surface area contributed by atoms with Gasteiger partial charge < -0.3 is 15.0 Å². The van der Waals surface area contributed by atoms with E-state index < -0.39 is 5.92 Å². The zero-order valence-corrected chi connectivity index (χ0v) is 16.8. The summed E-state index contributed by atoms with van der Waals surface area (Å²) in [5.41, 5.74) is 0.881. The third kappa shape index (κ3) is 5.20. The highest BCUT2D eigenvalue weighted by Crippen LogP contribution is 2.34. The maximum absolute atomic E-state index is 13.5. The third-order valence-electron chi connectivity index (χ3n) is 5.45. The van der Waals surface area contributed by atoms with Crippen molar-refractivity contribution in [2.75, 3.05) is 36.5 Å². The summed E-state index contributed by atoms with van der Waals surface area (Å²) in [6.45, 7) is 5.11. The van der Waals surface area contributed by atoms with Gasteiger partial charge in [0.1, 0.15) is 11.6 Å². The summed E-state index contributed by atoms with van der Waals surface area (Å²) in [7, 11) is 0. The monoisotopic (exact) mass is 406 g/mol. The van der Waals surface area contributed by atoms with Crippen LogP contribution in [-0.2, 0) is 4.74 Å². The van der Waals surface area contributed by atoms with Crippen molar-refractivity contribution >= 4 is 11.6 Å². The molecule has 0 amide bonds. The highest BCUT2D eigenvalue weighted by molar-refractivity contribution is 5.52. The molecular weight excluding hydrogens is 378 g/mol. The lowest BCUT2D eigenvalue weighted by Crippen LogP contribution is -2.33. The van der Waals surface area contributed by atoms with Gasteiger partial charge in [-0.1, -0.05) is 0 Å². The van der Waals surface area contributed by atoms with Crippen molar-refractivity contribution in [3.63, 3.8) is 0 Å². The van der Waals surface area contributed by atoms with Gasteiger partial charge in [-0.2, -0.15) is 15.1 Å². The summed E-state index contributed by atoms with van der Waals surface area (Å²) >= 11 is 0. The molecule has 2 aromatic heterocycles. The van der Waals surface area contributed by atoms with Gasteiger partial charge in [-0.3, -0.25) is 0 Å². The molecule has 7 nitrogen and oxygen atoms in total. The van der Waals surface area contributed by atoms with Crippen LogP contribution in [0.2, 0.25) is 0 Å². The Morgan fingerprint density at radius 3 is 2.52 bits per heavy atom. The van der Waals surface area contributed by atoms with Crippen molar-refractivity contribution in [3.8, 4) is 5.95 Å². The van der Waals surface area contributed by atoms with Crippen molar-refractivity contribution in [2.24, 2.45) is 0 Å². The number of anilines is 2. The van der Waals surface area contributed by atoms with Gasteiger partial charge in [-0.15, -0.1) is 0 Å². The van der Waals surface area contributed by atoms with E-state index in [0.717, 1.165) is 50.7 Å². The summed E-state index contributed by atoms with van der Waals surface area (Å²) in [6, 6.07) is 3.82. The number of hydrogen-bond donors (Lipinski definition) is 1. The van der Waals surface area contributed by atoms with Gasteiger partial charge in [-0.05, 0) is 38.7 Å². The molecule has 1 saturated heterocycles. The fourth-order valence-corrected chi connectivity index (χ4v) is 3.84. The molecule has 2 aromatic rings. The summed E-state index contributed by atoms with van der Waals surface area (Å²) < 4.78 is 34.2. The second-order valence-electron chi connectivity index (χ2n) is 7.89. The predicted octanol–water partition coefficient (Wildman–Crippen LogP) is 3.58. The summed E-state index contributed by atoms with van der Waals surface area (Å²) in [4.78, 5) is 11.6. The van der Waals surface area contributed by atoms with E-state index in [1.54, 1.807) is 4.68 Å². The van der Waals surface area contributed by atoms with Crippen LogP contribution in [0.25, 0.3) is 5.95 Å². The minimum absolute atomic E-state index is 0.00897. The van der Waals surface area contributed by atoms with Crippen molar-refractivity contribution in [1.82, 2.24) is 19.7 Å². The normalized spacial score (nSPS) is 20.9. The number of ether oxygens (including phenoxy) is 1. The number of aromatic nitrogens is 4. The predicted molar refractivity (Wildman–Crippen MR) is 107 cm³/mol. The van der Waals surface area contributed by atoms with Crippen LogP contribution in [0.1, 0.15) is 44.2 Å². The number of halogens is 2. The first kappa shape index (κ1) is 20.0. The van der Waals surface area contributed by atoms with E-state index in [1.807, 2.05) is 25.3 Å². The van der Waals surface area contributed by atoms with Crippen LogP contribution in [0.15, 0.2) is 18.3 Å². The van der Waals surface area contributed by atoms with Crippen LogP contribution >= 0.6 is 0 Å². The molecule has 0 spiro atoms. The molecule has 4 rings (SSSR count). The van der Waals surface area contributed by atoms with Crippen molar-refractivity contribution in [3.05, 3.63) is 24.0 Å². The number of rotatable bonds is 4. The standard InChI is InChI=1S/C20H28F2N6O/c1-15-6-11-28(26-15)19-24-17(23-16-4-7-20(21,22)8-5-16)14-18(25-19)27-9-2-12-29-13-3-10-27/h6,11,14,16H,2-5,7-10,12-13H2,1H3,(H,23,24,25). The SMILES string of the molecule is Cc1ccn(-c2nc(NC3CCC(F)(F)CC3)cc(N3CCCOCCC3)n2)n1. The quantitative estimate of drug-likeness (QED) is 0.837. The van der Waals surface area contributed by atoms with Gasteiger partial charge in [-0.25, -0.2) is 13.5 Å². The number of nitrogens with zero attached hydrogens (tertiary/aromatic N) is 5. The van der Waals surface area contributed by atoms with Crippen LogP contribution in [-0.4, -0.2) is 58.0 Å². The van der Waals surface area contributed by atoms with Gasteiger partial charge in [0.05, 0.1) is 5.69 Å². The molecule has 3 heterocycles. The molecule has 1 saturated carbocycles. The highest BCUT2D eigenvalue weighted by atomic mass is 19.3. The molecule has 0 unspecified atom stereocenters. The van der Waals surface area contributed by atoms with Crippen LogP contribution in [0.4, 0.5) is 20.4 Å². The fraction of sp³-hybridized carbons (Fsp3) is 0.650. The Morgan fingerprint density at radius 2 is 1.86 bits per heavy atom. The van der Waals surface area contributed by atoms with Crippen LogP contribution < -0.4 is 10.2 Å². The van der Waals surface area contributed by atoms with E-state index in [1.165, 1.54) is 0 Å². The van der Waals surface area contributed by atoms with Crippen molar-refractivity contribution < 1.29 is 13.5 Å². The Kier molecular flexibility index (Phi) is 5.94. The van der Waals surface area contributed by atoms with E-state index in [9.17, 15) is 8.78 Å². The molecule has 2 aliphatic rings. The molecule has 1 aliphatic carbocycles. The number of alkyl halides is 2. The molecule has 0 atom stereocenters. The van der Waals surface area contributed by atoms with Crippen molar-refractivity contribution in [2.45, 2.75) is 57.4 Å². The van der Waals surface area contributed by atoms with Crippen LogP contribution in [0.5, 0.6) is 0 Å². The zero-order chi connectivity index (χ0) is 20.3. The Balaban J connectivity index is 1.59. The molecule has 1 N–H and O–H groups in total. The Hall–Kier alpha value is -2.29. The lowest BCUT2D eigenvalue weighted by Gasteiger charge is -2.30. The first-order valence-corrected chi connectivity index (χ1v) is 10.4. The second-order valence-corrected chi connectivity index (χ2v) is 7.89. The van der Waals surface area contributed by atoms with E-state index in [2.05, 4.69) is 20.3 Å². The lowest BCUT2D eigenvalue weighted by molar-refractivity contribution is -0.0361. The first-order valence-electron chi connectivity index (χ1n) is 10.4. The molecular formula is C20H28F2N6O. The number of hydrogen-bond acceptors (Lipinski definition) is 6. The Morgan fingerprint density at radius 1 is 1.14 bits per heavy atom. The molecule has 1 aliphatic heterocycles. The summed E-state index contributed by atoms with van der Waals surface area (Å²) in [5, 5.41) is 7.80. The van der Waals surface area contributed by atoms with Crippen LogP contribution in [0.3, 0.4) is 0 Å². The van der Waals surface area contributed by atoms with Gasteiger partial charge >= 0.3 is 0 Å². The van der Waals surface area contributed by atoms with Gasteiger partial charge in [0.15, 0.2) is 0 Å². The molecule has 0 aromatic carbocycles. The van der Waals surface area contributed by atoms with E-state index >= 15 is 0 Å². The third-order valence-corrected chi connectivity index (χ3v) is 5.45. The first-order chi connectivity index (χ1) is 14.0. The minimum Gasteiger partial charge on any atom is -0.381 e. The lowest BCUT2D eigenvalue weighted by atomic mass is 9.92. The molecule has 0 radical (unpaired) electrons. The molecule has 0 bridgehead atoms. The van der Waals surface area contributed by atoms with Crippen molar-refractivity contribution in [1.29, 1.82) is 0 Å². The van der Waals surface area contributed by atoms with E-state index in [-0.39, 0.29) is 18.9 Å². The molecule has 2 fully saturated rings. The second kappa shape index (κ2) is 8.61. The molecule has 158 valence electrons. The van der Waals surface area contributed by atoms with Gasteiger partial charge in [0.25, 0.3) is 5.95 Å². The zero-order valence-electron chi connectivity index (χ0n) is 16.8. The highest BCUT2D eigenvalue weighted by Gasteiger charge is 2.35. The largest absolute Gasteiger partial charge is 0.381 e. The Bertz CT molecular complexity index is 809. The topological polar surface area (TPSA) is 68.1 Å². The maximum Gasteiger partial charge on any atom is 0.254 e. The summed E-state index contributed by atoms with van der Waals surface area (Å²) in [6.07, 6.45) is 4.40. The van der Waals surface area contributed by atoms with E-state index in [0.29, 0.717) is 24.6 Å². The minimum atomic E-state index is -2.54. The number of nitrogens with one attached hydrogen (secondary N) is 1. The average Bonchev–Trinajstić information content (AvgIpc) is 3.09. The number of aryl methyl sites for hydroxylation is 1. The van der Waals surface area contributed by atoms with Gasteiger partial charge in [0.2, 0.25) is 5.92 Å². The van der Waals surface area contributed by atoms with Crippen LogP contribution in [0, 0.1) is 6.92 Å². The van der Waals surface area contributed by atoms with Gasteiger partial charge in [0, 0.05) is 57.4 Å². The smallest absolute Gasteiger partial charge is 0.254 e. The molecule has 9 heteroatoms. The molecule has 29 heavy (non-hydrogen) atoms. The van der Waals surface area contributed by atoms with E-state index in [4.69, 9.17) is 9.72 Å². The maximum atomic E-state index is 13.5. The summed E-state index contributed by atoms with van der Waals surface area (Å²) in [5.74, 6) is -0.572. The fourth-order valence-electron chi connectivity index (χ4n) is 3.84.